The lowest BCUT2D eigenvalue weighted by atomic mass is 10.0. The van der Waals surface area contributed by atoms with E-state index < -0.39 is 11.9 Å². The number of amides is 2. The minimum absolute atomic E-state index is 0.292. The summed E-state index contributed by atoms with van der Waals surface area (Å²) in [7, 11) is 0. The van der Waals surface area contributed by atoms with Crippen LogP contribution in [0.25, 0.3) is 0 Å². The molecule has 1 fully saturated rings. The van der Waals surface area contributed by atoms with Crippen LogP contribution in [0.1, 0.15) is 19.3 Å². The number of carboxylic acids is 1. The molecule has 0 spiro atoms. The summed E-state index contributed by atoms with van der Waals surface area (Å²) < 4.78 is 0. The Kier molecular flexibility index (Phi) is 3.76. The van der Waals surface area contributed by atoms with Crippen LogP contribution < -0.4 is 10.6 Å². The maximum atomic E-state index is 11.7. The van der Waals surface area contributed by atoms with Crippen LogP contribution in [-0.4, -0.2) is 28.1 Å². The summed E-state index contributed by atoms with van der Waals surface area (Å²) in [5, 5.41) is 14.3. The summed E-state index contributed by atoms with van der Waals surface area (Å²) in [4.78, 5) is 26.5. The van der Waals surface area contributed by atoms with Gasteiger partial charge in [-0.1, -0.05) is 6.42 Å². The first-order chi connectivity index (χ1) is 8.66. The lowest BCUT2D eigenvalue weighted by molar-refractivity contribution is -0.142. The molecule has 6 nitrogen and oxygen atoms in total. The van der Waals surface area contributed by atoms with E-state index in [1.807, 2.05) is 0 Å². The smallest absolute Gasteiger partial charge is 0.319 e. The molecule has 2 atom stereocenters. The monoisotopic (exact) mass is 249 g/mol. The number of urea groups is 1. The third kappa shape index (κ3) is 2.97. The van der Waals surface area contributed by atoms with Crippen LogP contribution in [0.4, 0.5) is 10.5 Å². The van der Waals surface area contributed by atoms with Gasteiger partial charge in [0.2, 0.25) is 0 Å². The zero-order chi connectivity index (χ0) is 13.0. The van der Waals surface area contributed by atoms with Gasteiger partial charge in [0.1, 0.15) is 0 Å². The number of carboxylic acid groups (broad SMARTS) is 1. The molecule has 2 amide bonds. The number of pyridine rings is 1. The number of carbonyl (C=O) groups excluding carboxylic acids is 1. The van der Waals surface area contributed by atoms with Crippen LogP contribution in [0.5, 0.6) is 0 Å². The molecule has 6 heteroatoms. The molecule has 0 aliphatic heterocycles. The molecule has 1 aliphatic carbocycles. The lowest BCUT2D eigenvalue weighted by Gasteiger charge is -2.17. The Hall–Kier alpha value is -2.11. The number of nitrogens with zero attached hydrogens (tertiary/aromatic N) is 1. The van der Waals surface area contributed by atoms with Crippen LogP contribution in [-0.2, 0) is 4.79 Å². The van der Waals surface area contributed by atoms with Gasteiger partial charge in [-0.3, -0.25) is 9.78 Å². The third-order valence-electron chi connectivity index (χ3n) is 3.07. The number of carbonyl (C=O) groups is 2. The Labute approximate surface area is 104 Å². The maximum absolute atomic E-state index is 11.7. The molecule has 1 aromatic rings. The molecule has 1 saturated carbocycles. The number of hydrogen-bond acceptors (Lipinski definition) is 3. The summed E-state index contributed by atoms with van der Waals surface area (Å²) in [6.45, 7) is 0. The van der Waals surface area contributed by atoms with E-state index in [1.165, 1.54) is 6.20 Å². The van der Waals surface area contributed by atoms with Gasteiger partial charge in [0.15, 0.2) is 0 Å². The van der Waals surface area contributed by atoms with Gasteiger partial charge in [0.25, 0.3) is 0 Å². The molecule has 1 aliphatic rings. The molecule has 0 radical (unpaired) electrons. The normalized spacial score (nSPS) is 22.4. The van der Waals surface area contributed by atoms with E-state index in [2.05, 4.69) is 15.6 Å². The van der Waals surface area contributed by atoms with Gasteiger partial charge in [-0.05, 0) is 25.0 Å². The lowest BCUT2D eigenvalue weighted by Crippen LogP contribution is -2.42. The minimum Gasteiger partial charge on any atom is -0.481 e. The van der Waals surface area contributed by atoms with Crippen molar-refractivity contribution in [3.8, 4) is 0 Å². The molecule has 1 aromatic heterocycles. The second-order valence-electron chi connectivity index (χ2n) is 4.32. The SMILES string of the molecule is O=C(Nc1cccnc1)NC1CCCC1C(=O)O. The van der Waals surface area contributed by atoms with Crippen molar-refractivity contribution in [1.82, 2.24) is 10.3 Å². The first kappa shape index (κ1) is 12.3. The van der Waals surface area contributed by atoms with Crippen molar-refractivity contribution in [2.75, 3.05) is 5.32 Å². The molecule has 0 bridgehead atoms. The Balaban J connectivity index is 1.90. The zero-order valence-electron chi connectivity index (χ0n) is 9.80. The van der Waals surface area contributed by atoms with Crippen molar-refractivity contribution < 1.29 is 14.7 Å². The summed E-state index contributed by atoms with van der Waals surface area (Å²) >= 11 is 0. The Morgan fingerprint density at radius 2 is 2.22 bits per heavy atom. The Morgan fingerprint density at radius 3 is 2.89 bits per heavy atom. The highest BCUT2D eigenvalue weighted by Crippen LogP contribution is 2.25. The largest absolute Gasteiger partial charge is 0.481 e. The highest BCUT2D eigenvalue weighted by atomic mass is 16.4. The second-order valence-corrected chi connectivity index (χ2v) is 4.32. The van der Waals surface area contributed by atoms with Crippen molar-refractivity contribution in [2.24, 2.45) is 5.92 Å². The molecule has 0 aromatic carbocycles. The summed E-state index contributed by atoms with van der Waals surface area (Å²) in [5.41, 5.74) is 0.583. The average molecular weight is 249 g/mol. The maximum Gasteiger partial charge on any atom is 0.319 e. The summed E-state index contributed by atoms with van der Waals surface area (Å²) in [6, 6.07) is 2.75. The molecule has 96 valence electrons. The fraction of sp³-hybridized carbons (Fsp3) is 0.417. The number of aromatic nitrogens is 1. The van der Waals surface area contributed by atoms with Crippen LogP contribution in [0, 0.1) is 5.92 Å². The number of rotatable bonds is 3. The molecule has 1 heterocycles. The molecular formula is C12H15N3O3. The fourth-order valence-corrected chi connectivity index (χ4v) is 2.20. The average Bonchev–Trinajstić information content (AvgIpc) is 2.78. The van der Waals surface area contributed by atoms with Gasteiger partial charge < -0.3 is 15.7 Å². The van der Waals surface area contributed by atoms with Crippen molar-refractivity contribution in [3.63, 3.8) is 0 Å². The van der Waals surface area contributed by atoms with E-state index in [4.69, 9.17) is 5.11 Å². The van der Waals surface area contributed by atoms with Gasteiger partial charge in [0, 0.05) is 12.2 Å². The summed E-state index contributed by atoms with van der Waals surface area (Å²) in [5.74, 6) is -1.33. The molecule has 2 unspecified atom stereocenters. The Bertz CT molecular complexity index is 435. The predicted octanol–water partition coefficient (Wildman–Crippen LogP) is 1.46. The third-order valence-corrected chi connectivity index (χ3v) is 3.07. The minimum atomic E-state index is -0.848. The predicted molar refractivity (Wildman–Crippen MR) is 65.2 cm³/mol. The van der Waals surface area contributed by atoms with Crippen LogP contribution in [0.2, 0.25) is 0 Å². The topological polar surface area (TPSA) is 91.3 Å². The Morgan fingerprint density at radius 1 is 1.39 bits per heavy atom. The van der Waals surface area contributed by atoms with E-state index in [9.17, 15) is 9.59 Å². The van der Waals surface area contributed by atoms with Crippen molar-refractivity contribution in [3.05, 3.63) is 24.5 Å². The summed E-state index contributed by atoms with van der Waals surface area (Å²) in [6.07, 6.45) is 5.29. The molecular weight excluding hydrogens is 234 g/mol. The van der Waals surface area contributed by atoms with Crippen LogP contribution in [0.3, 0.4) is 0 Å². The zero-order valence-corrected chi connectivity index (χ0v) is 9.80. The van der Waals surface area contributed by atoms with Crippen LogP contribution >= 0.6 is 0 Å². The molecule has 18 heavy (non-hydrogen) atoms. The van der Waals surface area contributed by atoms with E-state index >= 15 is 0 Å². The number of nitrogens with one attached hydrogen (secondary N) is 2. The quantitative estimate of drug-likeness (QED) is 0.756. The van der Waals surface area contributed by atoms with Crippen molar-refractivity contribution >= 4 is 17.7 Å². The molecule has 3 N–H and O–H groups in total. The standard InChI is InChI=1S/C12H15N3O3/c16-11(17)9-4-1-5-10(9)15-12(18)14-8-3-2-6-13-7-8/h2-3,6-7,9-10H,1,4-5H2,(H,16,17)(H2,14,15,18). The van der Waals surface area contributed by atoms with E-state index in [-0.39, 0.29) is 12.1 Å². The fourth-order valence-electron chi connectivity index (χ4n) is 2.20. The van der Waals surface area contributed by atoms with Gasteiger partial charge >= 0.3 is 12.0 Å². The number of hydrogen-bond donors (Lipinski definition) is 3. The number of anilines is 1. The van der Waals surface area contributed by atoms with E-state index in [0.29, 0.717) is 18.5 Å². The van der Waals surface area contributed by atoms with Crippen LogP contribution in [0.15, 0.2) is 24.5 Å². The first-order valence-corrected chi connectivity index (χ1v) is 5.87. The highest BCUT2D eigenvalue weighted by Gasteiger charge is 2.33. The first-order valence-electron chi connectivity index (χ1n) is 5.87. The number of aliphatic carboxylic acids is 1. The van der Waals surface area contributed by atoms with Gasteiger partial charge in [-0.25, -0.2) is 4.79 Å². The second kappa shape index (κ2) is 5.48. The van der Waals surface area contributed by atoms with Gasteiger partial charge in [0.05, 0.1) is 17.8 Å². The van der Waals surface area contributed by atoms with E-state index in [0.717, 1.165) is 6.42 Å². The van der Waals surface area contributed by atoms with Gasteiger partial charge in [-0.15, -0.1) is 0 Å². The van der Waals surface area contributed by atoms with Gasteiger partial charge in [-0.2, -0.15) is 0 Å². The van der Waals surface area contributed by atoms with Crippen molar-refractivity contribution in [2.45, 2.75) is 25.3 Å². The molecule has 2 rings (SSSR count). The molecule has 0 saturated heterocycles. The van der Waals surface area contributed by atoms with Crippen molar-refractivity contribution in [1.29, 1.82) is 0 Å². The van der Waals surface area contributed by atoms with E-state index in [1.54, 1.807) is 18.3 Å². The highest BCUT2D eigenvalue weighted by molar-refractivity contribution is 5.89.